The standard InChI is InChI=1S/C12H14/c1-3-7-11(8-4-1)12-9-5-2-6-10-12/h1-7,9,11-12H,8,10H2/t11-,12+. The highest BCUT2D eigenvalue weighted by molar-refractivity contribution is 5.18. The molecule has 0 aromatic heterocycles. The van der Waals surface area contributed by atoms with Crippen LogP contribution in [0.1, 0.15) is 12.8 Å². The van der Waals surface area contributed by atoms with Gasteiger partial charge >= 0.3 is 0 Å². The first kappa shape index (κ1) is 7.60. The van der Waals surface area contributed by atoms with Gasteiger partial charge in [-0.25, -0.2) is 0 Å². The minimum absolute atomic E-state index is 0.733. The first-order chi connectivity index (χ1) is 5.97. The average Bonchev–Trinajstić information content (AvgIpc) is 2.21. The second kappa shape index (κ2) is 3.57. The molecule has 0 amide bonds. The van der Waals surface area contributed by atoms with Crippen LogP contribution < -0.4 is 0 Å². The van der Waals surface area contributed by atoms with E-state index in [1.165, 1.54) is 12.8 Å². The molecule has 12 heavy (non-hydrogen) atoms. The zero-order chi connectivity index (χ0) is 8.23. The number of hydrogen-bond donors (Lipinski definition) is 0. The van der Waals surface area contributed by atoms with Crippen molar-refractivity contribution in [2.24, 2.45) is 11.8 Å². The second-order valence-electron chi connectivity index (χ2n) is 3.43. The minimum Gasteiger partial charge on any atom is -0.0839 e. The summed E-state index contributed by atoms with van der Waals surface area (Å²) in [5.74, 6) is 1.47. The van der Waals surface area contributed by atoms with E-state index in [0.717, 1.165) is 11.8 Å². The van der Waals surface area contributed by atoms with Crippen LogP contribution in [0.5, 0.6) is 0 Å². The first-order valence-corrected chi connectivity index (χ1v) is 4.63. The van der Waals surface area contributed by atoms with Crippen molar-refractivity contribution in [2.45, 2.75) is 12.8 Å². The summed E-state index contributed by atoms with van der Waals surface area (Å²) in [7, 11) is 0. The van der Waals surface area contributed by atoms with Gasteiger partial charge < -0.3 is 0 Å². The van der Waals surface area contributed by atoms with Crippen LogP contribution in [0.25, 0.3) is 0 Å². The number of rotatable bonds is 1. The van der Waals surface area contributed by atoms with E-state index in [1.807, 2.05) is 0 Å². The summed E-state index contributed by atoms with van der Waals surface area (Å²) >= 11 is 0. The fraction of sp³-hybridized carbons (Fsp3) is 0.333. The molecule has 62 valence electrons. The lowest BCUT2D eigenvalue weighted by Gasteiger charge is -2.22. The van der Waals surface area contributed by atoms with Gasteiger partial charge in [-0.05, 0) is 24.7 Å². The Balaban J connectivity index is 2.01. The van der Waals surface area contributed by atoms with E-state index in [9.17, 15) is 0 Å². The van der Waals surface area contributed by atoms with Gasteiger partial charge in [0.05, 0.1) is 0 Å². The third-order valence-corrected chi connectivity index (χ3v) is 2.58. The zero-order valence-electron chi connectivity index (χ0n) is 7.19. The summed E-state index contributed by atoms with van der Waals surface area (Å²) in [6.07, 6.45) is 20.2. The van der Waals surface area contributed by atoms with Crippen molar-refractivity contribution in [3.05, 3.63) is 48.6 Å². The molecular formula is C12H14. The van der Waals surface area contributed by atoms with Crippen molar-refractivity contribution < 1.29 is 0 Å². The Morgan fingerprint density at radius 1 is 0.667 bits per heavy atom. The number of hydrogen-bond acceptors (Lipinski definition) is 0. The van der Waals surface area contributed by atoms with Crippen molar-refractivity contribution in [3.63, 3.8) is 0 Å². The summed E-state index contributed by atoms with van der Waals surface area (Å²) in [4.78, 5) is 0. The Bertz CT molecular complexity index is 225. The van der Waals surface area contributed by atoms with Gasteiger partial charge in [0.2, 0.25) is 0 Å². The summed E-state index contributed by atoms with van der Waals surface area (Å²) in [5, 5.41) is 0. The van der Waals surface area contributed by atoms with Crippen LogP contribution in [-0.4, -0.2) is 0 Å². The van der Waals surface area contributed by atoms with Crippen molar-refractivity contribution >= 4 is 0 Å². The highest BCUT2D eigenvalue weighted by Gasteiger charge is 2.15. The maximum Gasteiger partial charge on any atom is -0.0130 e. The van der Waals surface area contributed by atoms with Crippen LogP contribution in [-0.2, 0) is 0 Å². The third kappa shape index (κ3) is 1.58. The Hall–Kier alpha value is -1.04. The maximum absolute atomic E-state index is 2.33. The summed E-state index contributed by atoms with van der Waals surface area (Å²) < 4.78 is 0. The average molecular weight is 158 g/mol. The van der Waals surface area contributed by atoms with Crippen LogP contribution >= 0.6 is 0 Å². The Labute approximate surface area is 74.0 Å². The predicted octanol–water partition coefficient (Wildman–Crippen LogP) is 3.25. The van der Waals surface area contributed by atoms with Crippen molar-refractivity contribution in [1.82, 2.24) is 0 Å². The molecule has 0 aromatic rings. The van der Waals surface area contributed by atoms with Crippen LogP contribution in [0.2, 0.25) is 0 Å². The van der Waals surface area contributed by atoms with Gasteiger partial charge in [0, 0.05) is 0 Å². The molecule has 0 spiro atoms. The molecule has 2 rings (SSSR count). The van der Waals surface area contributed by atoms with Crippen molar-refractivity contribution in [2.75, 3.05) is 0 Å². The largest absolute Gasteiger partial charge is 0.0839 e. The Morgan fingerprint density at radius 3 is 1.50 bits per heavy atom. The molecule has 0 aromatic carbocycles. The van der Waals surface area contributed by atoms with Gasteiger partial charge in [-0.1, -0.05) is 48.6 Å². The quantitative estimate of drug-likeness (QED) is 0.549. The lowest BCUT2D eigenvalue weighted by molar-refractivity contribution is 0.478. The molecule has 0 heterocycles. The van der Waals surface area contributed by atoms with E-state index >= 15 is 0 Å². The molecule has 0 heteroatoms. The lowest BCUT2D eigenvalue weighted by Crippen LogP contribution is -2.11. The number of allylic oxidation sites excluding steroid dienone is 8. The lowest BCUT2D eigenvalue weighted by atomic mass is 9.83. The molecule has 0 N–H and O–H groups in total. The van der Waals surface area contributed by atoms with E-state index in [4.69, 9.17) is 0 Å². The zero-order valence-corrected chi connectivity index (χ0v) is 7.19. The van der Waals surface area contributed by atoms with E-state index in [1.54, 1.807) is 0 Å². The van der Waals surface area contributed by atoms with Gasteiger partial charge in [0.1, 0.15) is 0 Å². The maximum atomic E-state index is 2.33. The molecule has 0 unspecified atom stereocenters. The summed E-state index contributed by atoms with van der Waals surface area (Å²) in [6.45, 7) is 0. The molecule has 2 aliphatic rings. The van der Waals surface area contributed by atoms with Gasteiger partial charge in [-0.2, -0.15) is 0 Å². The first-order valence-electron chi connectivity index (χ1n) is 4.63. The SMILES string of the molecule is C1=CC[C@H]([C@H]2C=CC=CC2)C=C1. The summed E-state index contributed by atoms with van der Waals surface area (Å²) in [6, 6.07) is 0. The molecule has 2 aliphatic carbocycles. The second-order valence-corrected chi connectivity index (χ2v) is 3.43. The molecular weight excluding hydrogens is 144 g/mol. The monoisotopic (exact) mass is 158 g/mol. The molecule has 0 nitrogen and oxygen atoms in total. The van der Waals surface area contributed by atoms with Crippen LogP contribution in [0.15, 0.2) is 48.6 Å². The molecule has 0 bridgehead atoms. The van der Waals surface area contributed by atoms with E-state index in [-0.39, 0.29) is 0 Å². The van der Waals surface area contributed by atoms with Crippen LogP contribution in [0.3, 0.4) is 0 Å². The fourth-order valence-electron chi connectivity index (χ4n) is 1.83. The molecule has 0 saturated carbocycles. The Morgan fingerprint density at radius 2 is 1.17 bits per heavy atom. The fourth-order valence-corrected chi connectivity index (χ4v) is 1.83. The predicted molar refractivity (Wildman–Crippen MR) is 52.8 cm³/mol. The molecule has 2 atom stereocenters. The van der Waals surface area contributed by atoms with E-state index in [2.05, 4.69) is 48.6 Å². The van der Waals surface area contributed by atoms with Gasteiger partial charge in [-0.15, -0.1) is 0 Å². The Kier molecular flexibility index (Phi) is 2.26. The van der Waals surface area contributed by atoms with E-state index < -0.39 is 0 Å². The van der Waals surface area contributed by atoms with E-state index in [0.29, 0.717) is 0 Å². The van der Waals surface area contributed by atoms with Gasteiger partial charge in [-0.3, -0.25) is 0 Å². The smallest absolute Gasteiger partial charge is 0.0130 e. The van der Waals surface area contributed by atoms with Crippen LogP contribution in [0, 0.1) is 11.8 Å². The molecule has 0 radical (unpaired) electrons. The minimum atomic E-state index is 0.733. The summed E-state index contributed by atoms with van der Waals surface area (Å²) in [5.41, 5.74) is 0. The topological polar surface area (TPSA) is 0 Å². The van der Waals surface area contributed by atoms with Crippen molar-refractivity contribution in [3.8, 4) is 0 Å². The highest BCUT2D eigenvalue weighted by atomic mass is 14.2. The van der Waals surface area contributed by atoms with Crippen LogP contribution in [0.4, 0.5) is 0 Å². The van der Waals surface area contributed by atoms with Crippen molar-refractivity contribution in [1.29, 1.82) is 0 Å². The normalized spacial score (nSPS) is 32.7. The molecule has 0 saturated heterocycles. The molecule has 0 fully saturated rings. The van der Waals surface area contributed by atoms with Gasteiger partial charge in [0.25, 0.3) is 0 Å². The highest BCUT2D eigenvalue weighted by Crippen LogP contribution is 2.27. The van der Waals surface area contributed by atoms with Gasteiger partial charge in [0.15, 0.2) is 0 Å². The third-order valence-electron chi connectivity index (χ3n) is 2.58. The molecule has 0 aliphatic heterocycles.